The van der Waals surface area contributed by atoms with Gasteiger partial charge in [-0.15, -0.1) is 0 Å². The van der Waals surface area contributed by atoms with Crippen LogP contribution < -0.4 is 15.4 Å². The highest BCUT2D eigenvalue weighted by molar-refractivity contribution is 5.95. The zero-order valence-corrected chi connectivity index (χ0v) is 11.6. The third-order valence-electron chi connectivity index (χ3n) is 4.45. The second-order valence-corrected chi connectivity index (χ2v) is 5.76. The van der Waals surface area contributed by atoms with Crippen molar-refractivity contribution in [3.63, 3.8) is 0 Å². The number of ether oxygens (including phenoxy) is 1. The average Bonchev–Trinajstić information content (AvgIpc) is 3.15. The number of hydrogen-bond acceptors (Lipinski definition) is 3. The van der Waals surface area contributed by atoms with Crippen LogP contribution in [-0.4, -0.2) is 25.6 Å². The van der Waals surface area contributed by atoms with Crippen LogP contribution in [0.2, 0.25) is 0 Å². The number of carbonyl (C=O) groups excluding carboxylic acids is 1. The number of alkyl halides is 2. The highest BCUT2D eigenvalue weighted by atomic mass is 19.3. The van der Waals surface area contributed by atoms with Crippen molar-refractivity contribution in [3.8, 4) is 5.75 Å². The molecule has 1 atom stereocenters. The maximum atomic E-state index is 12.2. The molecule has 114 valence electrons. The number of rotatable bonds is 4. The van der Waals surface area contributed by atoms with Gasteiger partial charge >= 0.3 is 6.61 Å². The molecule has 1 unspecified atom stereocenters. The van der Waals surface area contributed by atoms with Gasteiger partial charge in [0.15, 0.2) is 0 Å². The van der Waals surface area contributed by atoms with Gasteiger partial charge in [-0.3, -0.25) is 4.79 Å². The minimum absolute atomic E-state index is 0.0272. The van der Waals surface area contributed by atoms with Crippen molar-refractivity contribution < 1.29 is 18.3 Å². The van der Waals surface area contributed by atoms with E-state index in [-0.39, 0.29) is 23.0 Å². The van der Waals surface area contributed by atoms with Gasteiger partial charge in [0.25, 0.3) is 0 Å². The van der Waals surface area contributed by atoms with Crippen molar-refractivity contribution in [2.24, 2.45) is 11.3 Å². The summed E-state index contributed by atoms with van der Waals surface area (Å²) in [5.41, 5.74) is 0.797. The largest absolute Gasteiger partial charge is 0.435 e. The van der Waals surface area contributed by atoms with E-state index in [9.17, 15) is 13.6 Å². The van der Waals surface area contributed by atoms with Gasteiger partial charge in [-0.05, 0) is 62.0 Å². The van der Waals surface area contributed by atoms with Crippen molar-refractivity contribution in [1.29, 1.82) is 0 Å². The topological polar surface area (TPSA) is 50.4 Å². The third kappa shape index (κ3) is 3.15. The Kier molecular flexibility index (Phi) is 3.80. The molecule has 0 bridgehead atoms. The molecule has 0 aromatic heterocycles. The fourth-order valence-electron chi connectivity index (χ4n) is 3.14. The number of hydrogen-bond donors (Lipinski definition) is 2. The van der Waals surface area contributed by atoms with Gasteiger partial charge in [0.05, 0.1) is 0 Å². The zero-order chi connectivity index (χ0) is 14.9. The summed E-state index contributed by atoms with van der Waals surface area (Å²) in [5.74, 6) is 0.195. The summed E-state index contributed by atoms with van der Waals surface area (Å²) < 4.78 is 28.4. The van der Waals surface area contributed by atoms with Crippen LogP contribution in [0.5, 0.6) is 5.75 Å². The molecule has 0 radical (unpaired) electrons. The Morgan fingerprint density at radius 2 is 1.95 bits per heavy atom. The molecule has 1 aromatic rings. The predicted molar refractivity (Wildman–Crippen MR) is 74.3 cm³/mol. The first-order valence-electron chi connectivity index (χ1n) is 7.16. The van der Waals surface area contributed by atoms with E-state index in [0.717, 1.165) is 32.4 Å². The average molecular weight is 296 g/mol. The lowest BCUT2D eigenvalue weighted by Crippen LogP contribution is -2.31. The maximum absolute atomic E-state index is 12.2. The Balaban J connectivity index is 1.56. The SMILES string of the molecule is O=C(Nc1ccc(OC(F)F)cc1)C1CC12CCNCC2. The molecule has 3 rings (SSSR count). The summed E-state index contributed by atoms with van der Waals surface area (Å²) in [5, 5.41) is 6.16. The first-order valence-corrected chi connectivity index (χ1v) is 7.16. The number of piperidine rings is 1. The summed E-state index contributed by atoms with van der Waals surface area (Å²) in [6.45, 7) is -0.885. The number of nitrogens with one attached hydrogen (secondary N) is 2. The van der Waals surface area contributed by atoms with E-state index in [1.807, 2.05) is 0 Å². The second kappa shape index (κ2) is 5.60. The van der Waals surface area contributed by atoms with E-state index in [4.69, 9.17) is 0 Å². The van der Waals surface area contributed by atoms with Crippen LogP contribution in [0.25, 0.3) is 0 Å². The molecule has 6 heteroatoms. The lowest BCUT2D eigenvalue weighted by molar-refractivity contribution is -0.118. The van der Waals surface area contributed by atoms with E-state index < -0.39 is 6.61 Å². The van der Waals surface area contributed by atoms with Gasteiger partial charge in [0, 0.05) is 11.6 Å². The first-order chi connectivity index (χ1) is 10.1. The molecule has 21 heavy (non-hydrogen) atoms. The number of halogens is 2. The molecule has 2 fully saturated rings. The Bertz CT molecular complexity index is 513. The number of amides is 1. The van der Waals surface area contributed by atoms with Gasteiger partial charge in [0.2, 0.25) is 5.91 Å². The van der Waals surface area contributed by atoms with Crippen molar-refractivity contribution in [3.05, 3.63) is 24.3 Å². The zero-order valence-electron chi connectivity index (χ0n) is 11.6. The summed E-state index contributed by atoms with van der Waals surface area (Å²) in [4.78, 5) is 12.2. The molecule has 1 aliphatic carbocycles. The predicted octanol–water partition coefficient (Wildman–Crippen LogP) is 2.62. The Morgan fingerprint density at radius 1 is 1.29 bits per heavy atom. The first kappa shape index (κ1) is 14.3. The van der Waals surface area contributed by atoms with Crippen LogP contribution in [-0.2, 0) is 4.79 Å². The van der Waals surface area contributed by atoms with Crippen LogP contribution in [0.15, 0.2) is 24.3 Å². The second-order valence-electron chi connectivity index (χ2n) is 5.76. The molecular weight excluding hydrogens is 278 g/mol. The van der Waals surface area contributed by atoms with Crippen molar-refractivity contribution in [2.45, 2.75) is 25.9 Å². The van der Waals surface area contributed by atoms with E-state index in [1.165, 1.54) is 12.1 Å². The van der Waals surface area contributed by atoms with Crippen molar-refractivity contribution in [1.82, 2.24) is 5.32 Å². The van der Waals surface area contributed by atoms with Crippen LogP contribution in [0.1, 0.15) is 19.3 Å². The summed E-state index contributed by atoms with van der Waals surface area (Å²) in [6, 6.07) is 6.00. The van der Waals surface area contributed by atoms with E-state index in [2.05, 4.69) is 15.4 Å². The van der Waals surface area contributed by atoms with E-state index in [1.54, 1.807) is 12.1 Å². The fourth-order valence-corrected chi connectivity index (χ4v) is 3.14. The summed E-state index contributed by atoms with van der Waals surface area (Å²) in [7, 11) is 0. The molecule has 1 heterocycles. The standard InChI is InChI=1S/C15H18F2N2O2/c16-14(17)21-11-3-1-10(2-4-11)19-13(20)12-9-15(12)5-7-18-8-6-15/h1-4,12,14,18H,5-9H2,(H,19,20). The Morgan fingerprint density at radius 3 is 2.57 bits per heavy atom. The molecule has 1 saturated carbocycles. The highest BCUT2D eigenvalue weighted by Gasteiger charge is 2.57. The van der Waals surface area contributed by atoms with Crippen LogP contribution in [0, 0.1) is 11.3 Å². The minimum atomic E-state index is -2.84. The van der Waals surface area contributed by atoms with Crippen LogP contribution in [0.3, 0.4) is 0 Å². The third-order valence-corrected chi connectivity index (χ3v) is 4.45. The summed E-state index contributed by atoms with van der Waals surface area (Å²) >= 11 is 0. The van der Waals surface area contributed by atoms with Gasteiger partial charge in [-0.25, -0.2) is 0 Å². The quantitative estimate of drug-likeness (QED) is 0.898. The Labute approximate surface area is 121 Å². The highest BCUT2D eigenvalue weighted by Crippen LogP contribution is 2.58. The molecule has 4 nitrogen and oxygen atoms in total. The lowest BCUT2D eigenvalue weighted by atomic mass is 9.92. The number of benzene rings is 1. The lowest BCUT2D eigenvalue weighted by Gasteiger charge is -2.23. The molecular formula is C15H18F2N2O2. The van der Waals surface area contributed by atoms with E-state index in [0.29, 0.717) is 5.69 Å². The van der Waals surface area contributed by atoms with Gasteiger partial charge in [-0.1, -0.05) is 0 Å². The van der Waals surface area contributed by atoms with Gasteiger partial charge in [0.1, 0.15) is 5.75 Å². The normalized spacial score (nSPS) is 23.1. The van der Waals surface area contributed by atoms with Gasteiger partial charge in [-0.2, -0.15) is 8.78 Å². The fraction of sp³-hybridized carbons (Fsp3) is 0.533. The van der Waals surface area contributed by atoms with Crippen LogP contribution in [0.4, 0.5) is 14.5 Å². The van der Waals surface area contributed by atoms with Gasteiger partial charge < -0.3 is 15.4 Å². The molecule has 1 aromatic carbocycles. The Hall–Kier alpha value is -1.69. The van der Waals surface area contributed by atoms with E-state index >= 15 is 0 Å². The maximum Gasteiger partial charge on any atom is 0.387 e. The smallest absolute Gasteiger partial charge is 0.387 e. The van der Waals surface area contributed by atoms with Crippen molar-refractivity contribution in [2.75, 3.05) is 18.4 Å². The number of anilines is 1. The molecule has 1 aliphatic heterocycles. The molecule has 1 saturated heterocycles. The molecule has 1 amide bonds. The van der Waals surface area contributed by atoms with Crippen LogP contribution >= 0.6 is 0 Å². The molecule has 2 N–H and O–H groups in total. The summed E-state index contributed by atoms with van der Waals surface area (Å²) in [6.07, 6.45) is 3.05. The van der Waals surface area contributed by atoms with Crippen molar-refractivity contribution >= 4 is 11.6 Å². The monoisotopic (exact) mass is 296 g/mol. The minimum Gasteiger partial charge on any atom is -0.435 e. The number of carbonyl (C=O) groups is 1. The molecule has 1 spiro atoms. The molecule has 2 aliphatic rings.